The molecule has 86 valence electrons. The van der Waals surface area contributed by atoms with E-state index >= 15 is 0 Å². The van der Waals surface area contributed by atoms with E-state index in [2.05, 4.69) is 9.47 Å². The van der Waals surface area contributed by atoms with E-state index < -0.39 is 36.3 Å². The monoisotopic (exact) mass is 219 g/mol. The molecule has 0 aromatic heterocycles. The summed E-state index contributed by atoms with van der Waals surface area (Å²) in [5, 5.41) is 8.60. The molecule has 0 aliphatic heterocycles. The minimum Gasteiger partial charge on any atom is -0.480 e. The van der Waals surface area contributed by atoms with E-state index in [1.807, 2.05) is 0 Å². The van der Waals surface area contributed by atoms with E-state index in [0.29, 0.717) is 0 Å². The second kappa shape index (κ2) is 5.97. The van der Waals surface area contributed by atoms with Gasteiger partial charge in [0.1, 0.15) is 6.04 Å². The molecule has 7 nitrogen and oxygen atoms in total. The van der Waals surface area contributed by atoms with Crippen molar-refractivity contribution in [1.82, 2.24) is 0 Å². The first-order valence-electron chi connectivity index (χ1n) is 4.07. The fourth-order valence-corrected chi connectivity index (χ4v) is 0.943. The van der Waals surface area contributed by atoms with Crippen molar-refractivity contribution in [3.8, 4) is 0 Å². The Balaban J connectivity index is 4.65. The third kappa shape index (κ3) is 3.94. The molecule has 0 rings (SSSR count). The van der Waals surface area contributed by atoms with Crippen LogP contribution < -0.4 is 5.73 Å². The minimum absolute atomic E-state index is 0.420. The van der Waals surface area contributed by atoms with Crippen LogP contribution in [0.2, 0.25) is 0 Å². The third-order valence-corrected chi connectivity index (χ3v) is 1.84. The number of aliphatic carboxylic acids is 1. The first kappa shape index (κ1) is 13.4. The highest BCUT2D eigenvalue weighted by Gasteiger charge is 2.33. The van der Waals surface area contributed by atoms with Crippen LogP contribution in [0.5, 0.6) is 0 Å². The van der Waals surface area contributed by atoms with Crippen molar-refractivity contribution in [2.24, 2.45) is 11.7 Å². The molecule has 0 bridgehead atoms. The molecular weight excluding hydrogens is 206 g/mol. The maximum absolute atomic E-state index is 11.1. The Labute approximate surface area is 86.1 Å². The number of rotatable bonds is 5. The van der Waals surface area contributed by atoms with Crippen LogP contribution in [0.25, 0.3) is 0 Å². The number of methoxy groups -OCH3 is 2. The van der Waals surface area contributed by atoms with Crippen molar-refractivity contribution >= 4 is 17.9 Å². The van der Waals surface area contributed by atoms with E-state index in [0.717, 1.165) is 14.2 Å². The molecule has 0 radical (unpaired) electrons. The summed E-state index contributed by atoms with van der Waals surface area (Å²) in [6.45, 7) is 0. The zero-order valence-electron chi connectivity index (χ0n) is 8.43. The van der Waals surface area contributed by atoms with Crippen molar-refractivity contribution < 1.29 is 29.0 Å². The van der Waals surface area contributed by atoms with Gasteiger partial charge >= 0.3 is 17.9 Å². The number of esters is 2. The molecule has 15 heavy (non-hydrogen) atoms. The molecule has 7 heteroatoms. The fraction of sp³-hybridized carbons (Fsp3) is 0.625. The second-order valence-corrected chi connectivity index (χ2v) is 2.77. The number of nitrogens with two attached hydrogens (primary N) is 1. The molecule has 0 heterocycles. The van der Waals surface area contributed by atoms with E-state index in [-0.39, 0.29) is 0 Å². The van der Waals surface area contributed by atoms with E-state index in [1.54, 1.807) is 0 Å². The smallest absolute Gasteiger partial charge is 0.321 e. The largest absolute Gasteiger partial charge is 0.480 e. The fourth-order valence-electron chi connectivity index (χ4n) is 0.943. The van der Waals surface area contributed by atoms with Gasteiger partial charge in [-0.1, -0.05) is 0 Å². The van der Waals surface area contributed by atoms with E-state index in [1.165, 1.54) is 0 Å². The van der Waals surface area contributed by atoms with Crippen LogP contribution >= 0.6 is 0 Å². The highest BCUT2D eigenvalue weighted by Crippen LogP contribution is 2.11. The molecular formula is C8H13NO6. The molecule has 0 fully saturated rings. The first-order valence-corrected chi connectivity index (χ1v) is 4.07. The molecule has 3 N–H and O–H groups in total. The normalized spacial score (nSPS) is 13.8. The van der Waals surface area contributed by atoms with Crippen LogP contribution in [0.15, 0.2) is 0 Å². The Morgan fingerprint density at radius 1 is 1.27 bits per heavy atom. The highest BCUT2D eigenvalue weighted by atomic mass is 16.5. The Bertz CT molecular complexity index is 264. The highest BCUT2D eigenvalue weighted by molar-refractivity contribution is 5.86. The summed E-state index contributed by atoms with van der Waals surface area (Å²) in [6, 6.07) is -1.49. The number of hydrogen-bond acceptors (Lipinski definition) is 6. The van der Waals surface area contributed by atoms with Gasteiger partial charge in [0.05, 0.1) is 26.6 Å². The molecule has 0 unspecified atom stereocenters. The van der Waals surface area contributed by atoms with Gasteiger partial charge in [-0.05, 0) is 0 Å². The van der Waals surface area contributed by atoms with Crippen molar-refractivity contribution in [1.29, 1.82) is 0 Å². The summed E-state index contributed by atoms with van der Waals surface area (Å²) in [6.07, 6.45) is -0.420. The maximum Gasteiger partial charge on any atom is 0.321 e. The number of hydrogen-bond donors (Lipinski definition) is 2. The number of carboxylic acid groups (broad SMARTS) is 1. The van der Waals surface area contributed by atoms with Crippen molar-refractivity contribution in [3.05, 3.63) is 0 Å². The lowest BCUT2D eigenvalue weighted by atomic mass is 9.97. The van der Waals surface area contributed by atoms with Gasteiger partial charge in [0, 0.05) is 0 Å². The van der Waals surface area contributed by atoms with Crippen LogP contribution in [0.4, 0.5) is 0 Å². The Morgan fingerprint density at radius 3 is 2.13 bits per heavy atom. The van der Waals surface area contributed by atoms with Gasteiger partial charge in [0.2, 0.25) is 0 Å². The lowest BCUT2D eigenvalue weighted by Crippen LogP contribution is -2.43. The average molecular weight is 219 g/mol. The van der Waals surface area contributed by atoms with E-state index in [9.17, 15) is 14.4 Å². The van der Waals surface area contributed by atoms with Crippen molar-refractivity contribution in [2.45, 2.75) is 12.5 Å². The van der Waals surface area contributed by atoms with Crippen LogP contribution in [-0.4, -0.2) is 43.3 Å². The van der Waals surface area contributed by atoms with Gasteiger partial charge in [-0.25, -0.2) is 0 Å². The average Bonchev–Trinajstić information content (AvgIpc) is 2.23. The van der Waals surface area contributed by atoms with Crippen LogP contribution in [0.1, 0.15) is 6.42 Å². The van der Waals surface area contributed by atoms with Crippen LogP contribution in [0.3, 0.4) is 0 Å². The number of ether oxygens (including phenoxy) is 2. The maximum atomic E-state index is 11.1. The zero-order chi connectivity index (χ0) is 12.0. The Morgan fingerprint density at radius 2 is 1.80 bits per heavy atom. The zero-order valence-corrected chi connectivity index (χ0v) is 8.43. The second-order valence-electron chi connectivity index (χ2n) is 2.77. The summed E-state index contributed by atoms with van der Waals surface area (Å²) in [4.78, 5) is 32.6. The molecule has 0 aliphatic rings. The molecule has 2 atom stereocenters. The van der Waals surface area contributed by atoms with Gasteiger partial charge in [0.15, 0.2) is 0 Å². The Kier molecular flexibility index (Phi) is 5.32. The van der Waals surface area contributed by atoms with Crippen LogP contribution in [-0.2, 0) is 23.9 Å². The quantitative estimate of drug-likeness (QED) is 0.555. The van der Waals surface area contributed by atoms with Gasteiger partial charge in [-0.2, -0.15) is 0 Å². The summed E-state index contributed by atoms with van der Waals surface area (Å²) < 4.78 is 8.65. The number of carbonyl (C=O) groups excluding carboxylic acids is 2. The summed E-state index contributed by atoms with van der Waals surface area (Å²) in [5.41, 5.74) is 5.23. The summed E-state index contributed by atoms with van der Waals surface area (Å²) >= 11 is 0. The van der Waals surface area contributed by atoms with Gasteiger partial charge in [-0.15, -0.1) is 0 Å². The number of carbonyl (C=O) groups is 3. The molecule has 0 saturated carbocycles. The van der Waals surface area contributed by atoms with Gasteiger partial charge < -0.3 is 20.3 Å². The van der Waals surface area contributed by atoms with Crippen molar-refractivity contribution in [3.63, 3.8) is 0 Å². The SMILES string of the molecule is COC(=O)C[C@@H](C(=O)OC)[C@H](N)C(=O)O. The molecule has 0 saturated heterocycles. The lowest BCUT2D eigenvalue weighted by molar-refractivity contribution is -0.156. The predicted octanol–water partition coefficient (Wildman–Crippen LogP) is -1.25. The van der Waals surface area contributed by atoms with Gasteiger partial charge in [-0.3, -0.25) is 14.4 Å². The summed E-state index contributed by atoms with van der Waals surface area (Å²) in [7, 11) is 2.21. The molecule has 0 aliphatic carbocycles. The number of carboxylic acids is 1. The first-order chi connectivity index (χ1) is 6.93. The van der Waals surface area contributed by atoms with Crippen molar-refractivity contribution in [2.75, 3.05) is 14.2 Å². The Hall–Kier alpha value is -1.63. The molecule has 0 aromatic carbocycles. The molecule has 0 aromatic rings. The third-order valence-electron chi connectivity index (χ3n) is 1.84. The lowest BCUT2D eigenvalue weighted by Gasteiger charge is -2.16. The standard InChI is InChI=1S/C8H13NO6/c1-14-5(10)3-4(8(13)15-2)6(9)7(11)12/h4,6H,3,9H2,1-2H3,(H,11,12)/t4-,6+/m1/s1. The minimum atomic E-state index is -1.49. The predicted molar refractivity (Wildman–Crippen MR) is 47.8 cm³/mol. The summed E-state index contributed by atoms with van der Waals surface area (Å²) in [5.74, 6) is -4.19. The van der Waals surface area contributed by atoms with E-state index in [4.69, 9.17) is 10.8 Å². The molecule has 0 spiro atoms. The van der Waals surface area contributed by atoms with Gasteiger partial charge in [0.25, 0.3) is 0 Å². The molecule has 0 amide bonds. The topological polar surface area (TPSA) is 116 Å². The van der Waals surface area contributed by atoms with Crippen LogP contribution in [0, 0.1) is 5.92 Å².